The van der Waals surface area contributed by atoms with E-state index < -0.39 is 16.0 Å². The molecule has 1 aromatic rings. The van der Waals surface area contributed by atoms with E-state index >= 15 is 0 Å². The number of carboxylic acids is 1. The standard InChI is InChI=1S/C18H26N2O5S/c1-13(11-17(21)22)12-19-18(23)15-6-8-16(9-7-15)26(24,25)20-10-4-3-5-14(20)2/h6-9,13-14H,3-5,10-12H2,1-2H3,(H,19,23)(H,21,22). The Labute approximate surface area is 154 Å². The largest absolute Gasteiger partial charge is 0.481 e. The Morgan fingerprint density at radius 2 is 1.92 bits per heavy atom. The van der Waals surface area contributed by atoms with Gasteiger partial charge < -0.3 is 10.4 Å². The summed E-state index contributed by atoms with van der Waals surface area (Å²) in [6.07, 6.45) is 2.73. The molecule has 7 nitrogen and oxygen atoms in total. The summed E-state index contributed by atoms with van der Waals surface area (Å²) in [6.45, 7) is 4.42. The van der Waals surface area contributed by atoms with E-state index in [0.717, 1.165) is 19.3 Å². The average Bonchev–Trinajstić information content (AvgIpc) is 2.59. The van der Waals surface area contributed by atoms with Gasteiger partial charge in [0.1, 0.15) is 0 Å². The highest BCUT2D eigenvalue weighted by Crippen LogP contribution is 2.25. The van der Waals surface area contributed by atoms with Gasteiger partial charge in [-0.1, -0.05) is 13.3 Å². The van der Waals surface area contributed by atoms with Crippen LogP contribution in [0.25, 0.3) is 0 Å². The second-order valence-electron chi connectivity index (χ2n) is 6.90. The number of hydrogen-bond acceptors (Lipinski definition) is 4. The molecule has 2 rings (SSSR count). The summed E-state index contributed by atoms with van der Waals surface area (Å²) in [5, 5.41) is 11.4. The van der Waals surface area contributed by atoms with Gasteiger partial charge in [-0.05, 0) is 49.9 Å². The van der Waals surface area contributed by atoms with Gasteiger partial charge in [0, 0.05) is 31.1 Å². The van der Waals surface area contributed by atoms with Crippen LogP contribution in [0.2, 0.25) is 0 Å². The van der Waals surface area contributed by atoms with Crippen LogP contribution in [0.5, 0.6) is 0 Å². The SMILES string of the molecule is CC(CNC(=O)c1ccc(S(=O)(=O)N2CCCCC2C)cc1)CC(=O)O. The Morgan fingerprint density at radius 1 is 1.27 bits per heavy atom. The van der Waals surface area contributed by atoms with Crippen molar-refractivity contribution in [1.82, 2.24) is 9.62 Å². The van der Waals surface area contributed by atoms with E-state index in [1.54, 1.807) is 6.92 Å². The van der Waals surface area contributed by atoms with Gasteiger partial charge in [0.2, 0.25) is 10.0 Å². The summed E-state index contributed by atoms with van der Waals surface area (Å²) in [5.74, 6) is -1.44. The molecular weight excluding hydrogens is 356 g/mol. The number of piperidine rings is 1. The lowest BCUT2D eigenvalue weighted by atomic mass is 10.1. The first-order valence-corrected chi connectivity index (χ1v) is 10.3. The normalized spacial score (nSPS) is 19.7. The summed E-state index contributed by atoms with van der Waals surface area (Å²) in [5.41, 5.74) is 0.346. The van der Waals surface area contributed by atoms with Gasteiger partial charge in [0.05, 0.1) is 4.90 Å². The molecule has 144 valence electrons. The lowest BCUT2D eigenvalue weighted by Gasteiger charge is -2.32. The van der Waals surface area contributed by atoms with Crippen molar-refractivity contribution in [2.75, 3.05) is 13.1 Å². The van der Waals surface area contributed by atoms with Crippen molar-refractivity contribution < 1.29 is 23.1 Å². The van der Waals surface area contributed by atoms with Crippen LogP contribution in [0, 0.1) is 5.92 Å². The monoisotopic (exact) mass is 382 g/mol. The molecule has 8 heteroatoms. The number of sulfonamides is 1. The topological polar surface area (TPSA) is 104 Å². The second-order valence-corrected chi connectivity index (χ2v) is 8.79. The first-order valence-electron chi connectivity index (χ1n) is 8.83. The quantitative estimate of drug-likeness (QED) is 0.751. The molecule has 1 aliphatic heterocycles. The Balaban J connectivity index is 2.03. The van der Waals surface area contributed by atoms with Crippen molar-refractivity contribution in [3.05, 3.63) is 29.8 Å². The van der Waals surface area contributed by atoms with E-state index in [0.29, 0.717) is 12.1 Å². The van der Waals surface area contributed by atoms with Gasteiger partial charge in [-0.25, -0.2) is 8.42 Å². The third kappa shape index (κ3) is 5.04. The molecule has 1 fully saturated rings. The molecule has 2 N–H and O–H groups in total. The molecule has 2 unspecified atom stereocenters. The van der Waals surface area contributed by atoms with Crippen LogP contribution < -0.4 is 5.32 Å². The van der Waals surface area contributed by atoms with Gasteiger partial charge in [-0.15, -0.1) is 0 Å². The number of rotatable bonds is 7. The molecule has 2 atom stereocenters. The van der Waals surface area contributed by atoms with Crippen LogP contribution in [-0.4, -0.2) is 48.8 Å². The number of carbonyl (C=O) groups excluding carboxylic acids is 1. The molecule has 0 radical (unpaired) electrons. The number of nitrogens with zero attached hydrogens (tertiary/aromatic N) is 1. The number of aliphatic carboxylic acids is 1. The third-order valence-corrected chi connectivity index (χ3v) is 6.63. The number of carboxylic acid groups (broad SMARTS) is 1. The molecule has 0 spiro atoms. The minimum atomic E-state index is -3.56. The highest BCUT2D eigenvalue weighted by molar-refractivity contribution is 7.89. The van der Waals surface area contributed by atoms with E-state index in [-0.39, 0.29) is 35.7 Å². The predicted molar refractivity (Wildman–Crippen MR) is 97.4 cm³/mol. The number of amides is 1. The fourth-order valence-corrected chi connectivity index (χ4v) is 4.78. The lowest BCUT2D eigenvalue weighted by Crippen LogP contribution is -2.41. The van der Waals surface area contributed by atoms with Crippen LogP contribution in [0.3, 0.4) is 0 Å². The summed E-state index contributed by atoms with van der Waals surface area (Å²) in [4.78, 5) is 22.9. The maximum atomic E-state index is 12.8. The van der Waals surface area contributed by atoms with Crippen molar-refractivity contribution in [2.24, 2.45) is 5.92 Å². The van der Waals surface area contributed by atoms with E-state index in [1.807, 2.05) is 6.92 Å². The van der Waals surface area contributed by atoms with Gasteiger partial charge in [-0.3, -0.25) is 9.59 Å². The van der Waals surface area contributed by atoms with E-state index in [9.17, 15) is 18.0 Å². The fourth-order valence-electron chi connectivity index (χ4n) is 3.08. The Bertz CT molecular complexity index is 745. The van der Waals surface area contributed by atoms with E-state index in [4.69, 9.17) is 5.11 Å². The van der Waals surface area contributed by atoms with Crippen molar-refractivity contribution in [3.8, 4) is 0 Å². The van der Waals surface area contributed by atoms with Crippen LogP contribution in [0.4, 0.5) is 0 Å². The molecular formula is C18H26N2O5S. The van der Waals surface area contributed by atoms with Gasteiger partial charge in [0.15, 0.2) is 0 Å². The summed E-state index contributed by atoms with van der Waals surface area (Å²) < 4.78 is 27.1. The van der Waals surface area contributed by atoms with Crippen LogP contribution >= 0.6 is 0 Å². The molecule has 0 aromatic heterocycles. The zero-order chi connectivity index (χ0) is 19.3. The fraction of sp³-hybridized carbons (Fsp3) is 0.556. The number of hydrogen-bond donors (Lipinski definition) is 2. The van der Waals surface area contributed by atoms with Crippen LogP contribution in [0.1, 0.15) is 49.9 Å². The molecule has 0 saturated carbocycles. The summed E-state index contributed by atoms with van der Waals surface area (Å²) in [6, 6.07) is 5.85. The second kappa shape index (κ2) is 8.64. The molecule has 1 saturated heterocycles. The molecule has 1 amide bonds. The van der Waals surface area contributed by atoms with Crippen molar-refractivity contribution in [1.29, 1.82) is 0 Å². The van der Waals surface area contributed by atoms with Crippen molar-refractivity contribution in [3.63, 3.8) is 0 Å². The highest BCUT2D eigenvalue weighted by atomic mass is 32.2. The third-order valence-electron chi connectivity index (χ3n) is 4.60. The minimum Gasteiger partial charge on any atom is -0.481 e. The number of carbonyl (C=O) groups is 2. The Kier molecular flexibility index (Phi) is 6.77. The number of benzene rings is 1. The van der Waals surface area contributed by atoms with Gasteiger partial charge in [-0.2, -0.15) is 4.31 Å². The molecule has 1 aliphatic rings. The van der Waals surface area contributed by atoms with Crippen LogP contribution in [0.15, 0.2) is 29.2 Å². The predicted octanol–water partition coefficient (Wildman–Crippen LogP) is 2.09. The Hall–Kier alpha value is -1.93. The maximum absolute atomic E-state index is 12.8. The van der Waals surface area contributed by atoms with E-state index in [1.165, 1.54) is 28.6 Å². The zero-order valence-corrected chi connectivity index (χ0v) is 16.0. The van der Waals surface area contributed by atoms with Gasteiger partial charge in [0.25, 0.3) is 5.91 Å². The van der Waals surface area contributed by atoms with Crippen LogP contribution in [-0.2, 0) is 14.8 Å². The number of nitrogens with one attached hydrogen (secondary N) is 1. The first-order chi connectivity index (χ1) is 12.2. The summed E-state index contributed by atoms with van der Waals surface area (Å²) >= 11 is 0. The Morgan fingerprint density at radius 3 is 2.50 bits per heavy atom. The smallest absolute Gasteiger partial charge is 0.303 e. The van der Waals surface area contributed by atoms with E-state index in [2.05, 4.69) is 5.32 Å². The summed E-state index contributed by atoms with van der Waals surface area (Å²) in [7, 11) is -3.56. The minimum absolute atomic E-state index is 0.0209. The van der Waals surface area contributed by atoms with Crippen molar-refractivity contribution in [2.45, 2.75) is 50.5 Å². The maximum Gasteiger partial charge on any atom is 0.303 e. The first kappa shape index (κ1) is 20.4. The average molecular weight is 382 g/mol. The lowest BCUT2D eigenvalue weighted by molar-refractivity contribution is -0.137. The molecule has 1 heterocycles. The highest BCUT2D eigenvalue weighted by Gasteiger charge is 2.30. The molecule has 26 heavy (non-hydrogen) atoms. The zero-order valence-electron chi connectivity index (χ0n) is 15.1. The van der Waals surface area contributed by atoms with Crippen molar-refractivity contribution >= 4 is 21.9 Å². The molecule has 0 bridgehead atoms. The van der Waals surface area contributed by atoms with Gasteiger partial charge >= 0.3 is 5.97 Å². The molecule has 0 aliphatic carbocycles. The molecule has 1 aromatic carbocycles.